The van der Waals surface area contributed by atoms with E-state index in [1.807, 2.05) is 0 Å². The smallest absolute Gasteiger partial charge is 0.246 e. The van der Waals surface area contributed by atoms with E-state index < -0.39 is 16.1 Å². The lowest BCUT2D eigenvalue weighted by atomic mass is 10.1. The Morgan fingerprint density at radius 3 is 2.56 bits per heavy atom. The number of sulfonamides is 1. The van der Waals surface area contributed by atoms with E-state index >= 15 is 0 Å². The largest absolute Gasteiger partial charge is 0.360 e. The summed E-state index contributed by atoms with van der Waals surface area (Å²) in [5, 5.41) is 6.43. The summed E-state index contributed by atoms with van der Waals surface area (Å²) in [5.41, 5.74) is 0.277. The first-order valence-corrected chi connectivity index (χ1v) is 10.2. The Bertz CT molecular complexity index is 661. The van der Waals surface area contributed by atoms with E-state index in [4.69, 9.17) is 4.52 Å². The number of amides is 1. The molecule has 2 rings (SSSR count). The lowest BCUT2D eigenvalue weighted by Gasteiger charge is -2.26. The van der Waals surface area contributed by atoms with E-state index in [-0.39, 0.29) is 22.3 Å². The van der Waals surface area contributed by atoms with Crippen LogP contribution in [0.2, 0.25) is 0 Å². The molecule has 25 heavy (non-hydrogen) atoms. The fourth-order valence-electron chi connectivity index (χ4n) is 3.05. The number of hydrogen-bond donors (Lipinski definition) is 2. The minimum absolute atomic E-state index is 0.00255. The number of carbonyl (C=O) groups excluding carboxylic acids is 1. The van der Waals surface area contributed by atoms with Crippen LogP contribution in [0.5, 0.6) is 0 Å². The van der Waals surface area contributed by atoms with Crippen molar-refractivity contribution in [1.82, 2.24) is 20.1 Å². The molecule has 1 amide bonds. The van der Waals surface area contributed by atoms with Crippen molar-refractivity contribution in [2.45, 2.75) is 57.4 Å². The Morgan fingerprint density at radius 1 is 1.28 bits per heavy atom. The van der Waals surface area contributed by atoms with Gasteiger partial charge in [0.15, 0.2) is 5.76 Å². The Labute approximate surface area is 149 Å². The number of likely N-dealkylation sites (tertiary alicyclic amines) is 1. The fraction of sp³-hybridized carbons (Fsp3) is 0.750. The summed E-state index contributed by atoms with van der Waals surface area (Å²) in [6.45, 7) is 8.35. The molecular formula is C16H28N4O4S. The van der Waals surface area contributed by atoms with Crippen LogP contribution in [0.25, 0.3) is 0 Å². The molecule has 0 spiro atoms. The second kappa shape index (κ2) is 8.77. The monoisotopic (exact) mass is 372 g/mol. The Kier molecular flexibility index (Phi) is 6.97. The molecule has 1 atom stereocenters. The number of aryl methyl sites for hydroxylation is 2. The first-order chi connectivity index (χ1) is 11.8. The van der Waals surface area contributed by atoms with Crippen LogP contribution in [0.4, 0.5) is 0 Å². The van der Waals surface area contributed by atoms with E-state index in [2.05, 4.69) is 20.1 Å². The minimum atomic E-state index is -3.85. The summed E-state index contributed by atoms with van der Waals surface area (Å²) >= 11 is 0. The Balaban J connectivity index is 1.77. The summed E-state index contributed by atoms with van der Waals surface area (Å²) in [7, 11) is -3.85. The third-order valence-corrected chi connectivity index (χ3v) is 6.15. The molecule has 0 aromatic carbocycles. The molecule has 0 aliphatic carbocycles. The minimum Gasteiger partial charge on any atom is -0.360 e. The number of nitrogens with zero attached hydrogens (tertiary/aromatic N) is 2. The summed E-state index contributed by atoms with van der Waals surface area (Å²) < 4.78 is 32.0. The van der Waals surface area contributed by atoms with Gasteiger partial charge in [0.25, 0.3) is 0 Å². The number of rotatable bonds is 8. The number of nitrogens with one attached hydrogen (secondary N) is 2. The lowest BCUT2D eigenvalue weighted by Crippen LogP contribution is -2.45. The van der Waals surface area contributed by atoms with E-state index in [0.29, 0.717) is 6.54 Å². The third-order valence-electron chi connectivity index (χ3n) is 4.36. The predicted molar refractivity (Wildman–Crippen MR) is 93.7 cm³/mol. The molecule has 2 heterocycles. The summed E-state index contributed by atoms with van der Waals surface area (Å²) in [4.78, 5) is 14.5. The van der Waals surface area contributed by atoms with Crippen LogP contribution in [-0.4, -0.2) is 56.6 Å². The van der Waals surface area contributed by atoms with Gasteiger partial charge < -0.3 is 14.7 Å². The van der Waals surface area contributed by atoms with Gasteiger partial charge in [0.05, 0.1) is 6.04 Å². The first kappa shape index (κ1) is 19.9. The van der Waals surface area contributed by atoms with Gasteiger partial charge in [-0.25, -0.2) is 8.42 Å². The van der Waals surface area contributed by atoms with Crippen LogP contribution in [-0.2, 0) is 14.8 Å². The van der Waals surface area contributed by atoms with Gasteiger partial charge in [0, 0.05) is 6.54 Å². The molecule has 1 aliphatic heterocycles. The molecular weight excluding hydrogens is 344 g/mol. The number of aromatic nitrogens is 1. The SMILES string of the molecule is Cc1noc(C)c1S(=O)(=O)N[C@@H](C)C(=O)NCCCN1CCCCC1. The molecule has 1 aromatic heterocycles. The number of hydrogen-bond acceptors (Lipinski definition) is 6. The van der Waals surface area contributed by atoms with Crippen molar-refractivity contribution in [1.29, 1.82) is 0 Å². The van der Waals surface area contributed by atoms with Gasteiger partial charge in [-0.15, -0.1) is 0 Å². The van der Waals surface area contributed by atoms with Gasteiger partial charge in [-0.3, -0.25) is 4.79 Å². The van der Waals surface area contributed by atoms with Crippen LogP contribution >= 0.6 is 0 Å². The summed E-state index contributed by atoms with van der Waals surface area (Å²) in [6, 6.07) is -0.867. The highest BCUT2D eigenvalue weighted by Crippen LogP contribution is 2.18. The number of carbonyl (C=O) groups is 1. The van der Waals surface area contributed by atoms with Crippen LogP contribution < -0.4 is 10.0 Å². The van der Waals surface area contributed by atoms with Crippen molar-refractivity contribution in [3.8, 4) is 0 Å². The van der Waals surface area contributed by atoms with E-state index in [1.54, 1.807) is 6.92 Å². The molecule has 1 saturated heterocycles. The highest BCUT2D eigenvalue weighted by Gasteiger charge is 2.27. The molecule has 9 heteroatoms. The molecule has 0 unspecified atom stereocenters. The van der Waals surface area contributed by atoms with Crippen molar-refractivity contribution < 1.29 is 17.7 Å². The first-order valence-electron chi connectivity index (χ1n) is 8.76. The van der Waals surface area contributed by atoms with Gasteiger partial charge in [-0.2, -0.15) is 4.72 Å². The summed E-state index contributed by atoms with van der Waals surface area (Å²) in [5.74, 6) is -0.131. The van der Waals surface area contributed by atoms with Crippen LogP contribution in [0, 0.1) is 13.8 Å². The van der Waals surface area contributed by atoms with Crippen molar-refractivity contribution >= 4 is 15.9 Å². The lowest BCUT2D eigenvalue weighted by molar-refractivity contribution is -0.122. The molecule has 0 radical (unpaired) electrons. The van der Waals surface area contributed by atoms with E-state index in [0.717, 1.165) is 26.1 Å². The average Bonchev–Trinajstić information content (AvgIpc) is 2.91. The average molecular weight is 372 g/mol. The molecule has 1 aliphatic rings. The van der Waals surface area contributed by atoms with Gasteiger partial charge in [0.1, 0.15) is 10.6 Å². The molecule has 1 aromatic rings. The third kappa shape index (κ3) is 5.52. The summed E-state index contributed by atoms with van der Waals surface area (Å²) in [6.07, 6.45) is 4.64. The molecule has 1 fully saturated rings. The predicted octanol–water partition coefficient (Wildman–Crippen LogP) is 0.950. The zero-order chi connectivity index (χ0) is 18.4. The maximum Gasteiger partial charge on any atom is 0.246 e. The van der Waals surface area contributed by atoms with Crippen molar-refractivity contribution in [2.24, 2.45) is 0 Å². The van der Waals surface area contributed by atoms with E-state index in [9.17, 15) is 13.2 Å². The zero-order valence-corrected chi connectivity index (χ0v) is 16.0. The second-order valence-corrected chi connectivity index (χ2v) is 8.19. The molecule has 8 nitrogen and oxygen atoms in total. The van der Waals surface area contributed by atoms with Gasteiger partial charge in [-0.1, -0.05) is 11.6 Å². The topological polar surface area (TPSA) is 105 Å². The van der Waals surface area contributed by atoms with Gasteiger partial charge in [-0.05, 0) is 59.7 Å². The molecule has 2 N–H and O–H groups in total. The van der Waals surface area contributed by atoms with Crippen molar-refractivity contribution in [3.05, 3.63) is 11.5 Å². The quantitative estimate of drug-likeness (QED) is 0.659. The molecule has 0 saturated carbocycles. The highest BCUT2D eigenvalue weighted by atomic mass is 32.2. The zero-order valence-electron chi connectivity index (χ0n) is 15.2. The Morgan fingerprint density at radius 2 is 1.96 bits per heavy atom. The van der Waals surface area contributed by atoms with Crippen LogP contribution in [0.15, 0.2) is 9.42 Å². The maximum atomic E-state index is 12.4. The molecule has 142 valence electrons. The number of piperidine rings is 1. The normalized spacial score (nSPS) is 17.4. The van der Waals surface area contributed by atoms with Crippen LogP contribution in [0.1, 0.15) is 44.1 Å². The van der Waals surface area contributed by atoms with Crippen molar-refractivity contribution in [2.75, 3.05) is 26.2 Å². The fourth-order valence-corrected chi connectivity index (χ4v) is 4.59. The van der Waals surface area contributed by atoms with Gasteiger partial charge in [0.2, 0.25) is 15.9 Å². The van der Waals surface area contributed by atoms with E-state index in [1.165, 1.54) is 33.1 Å². The maximum absolute atomic E-state index is 12.4. The Hall–Kier alpha value is -1.45. The van der Waals surface area contributed by atoms with Gasteiger partial charge >= 0.3 is 0 Å². The molecule has 0 bridgehead atoms. The van der Waals surface area contributed by atoms with Crippen LogP contribution in [0.3, 0.4) is 0 Å². The standard InChI is InChI=1S/C16H28N4O4S/c1-12-15(14(3)24-18-12)25(22,23)19-13(2)16(21)17-8-7-11-20-9-5-4-6-10-20/h13,19H,4-11H2,1-3H3,(H,17,21)/t13-/m0/s1. The highest BCUT2D eigenvalue weighted by molar-refractivity contribution is 7.89. The second-order valence-electron chi connectivity index (χ2n) is 6.54. The van der Waals surface area contributed by atoms with Crippen molar-refractivity contribution in [3.63, 3.8) is 0 Å².